The van der Waals surface area contributed by atoms with E-state index < -0.39 is 29.0 Å². The number of halogens is 3. The third kappa shape index (κ3) is 4.85. The predicted molar refractivity (Wildman–Crippen MR) is 99.6 cm³/mol. The van der Waals surface area contributed by atoms with Crippen LogP contribution in [0.15, 0.2) is 54.9 Å². The van der Waals surface area contributed by atoms with Gasteiger partial charge < -0.3 is 10.6 Å². The number of rotatable bonds is 7. The van der Waals surface area contributed by atoms with Gasteiger partial charge in [0.1, 0.15) is 0 Å². The summed E-state index contributed by atoms with van der Waals surface area (Å²) in [5.41, 5.74) is 0.827. The van der Waals surface area contributed by atoms with Crippen LogP contribution in [0.1, 0.15) is 22.3 Å². The lowest BCUT2D eigenvalue weighted by atomic mass is 10.1. The summed E-state index contributed by atoms with van der Waals surface area (Å²) in [6, 6.07) is 11.7. The molecule has 0 aliphatic rings. The van der Waals surface area contributed by atoms with Crippen molar-refractivity contribution in [3.63, 3.8) is 0 Å². The van der Waals surface area contributed by atoms with E-state index in [9.17, 15) is 18.0 Å². The van der Waals surface area contributed by atoms with Gasteiger partial charge in [-0.25, -0.2) is 23.1 Å². The van der Waals surface area contributed by atoms with Gasteiger partial charge in [-0.2, -0.15) is 0 Å². The second-order valence-electron chi connectivity index (χ2n) is 5.99. The van der Waals surface area contributed by atoms with Gasteiger partial charge in [-0.1, -0.05) is 30.3 Å². The van der Waals surface area contributed by atoms with Crippen LogP contribution < -0.4 is 10.6 Å². The van der Waals surface area contributed by atoms with Crippen LogP contribution in [0.3, 0.4) is 0 Å². The van der Waals surface area contributed by atoms with Gasteiger partial charge in [0, 0.05) is 18.9 Å². The minimum absolute atomic E-state index is 0.0546. The number of aromatic nitrogens is 2. The third-order valence-electron chi connectivity index (χ3n) is 3.97. The lowest BCUT2D eigenvalue weighted by Gasteiger charge is -2.08. The van der Waals surface area contributed by atoms with Crippen molar-refractivity contribution in [2.75, 3.05) is 17.2 Å². The van der Waals surface area contributed by atoms with Crippen LogP contribution in [0.5, 0.6) is 0 Å². The molecule has 28 heavy (non-hydrogen) atoms. The highest BCUT2D eigenvalue weighted by Gasteiger charge is 2.16. The van der Waals surface area contributed by atoms with E-state index in [1.54, 1.807) is 0 Å². The zero-order valence-corrected chi connectivity index (χ0v) is 14.8. The van der Waals surface area contributed by atoms with E-state index in [4.69, 9.17) is 0 Å². The Morgan fingerprint density at radius 1 is 0.929 bits per heavy atom. The van der Waals surface area contributed by atoms with E-state index in [1.165, 1.54) is 18.0 Å². The summed E-state index contributed by atoms with van der Waals surface area (Å²) in [6.07, 6.45) is 4.32. The Balaban J connectivity index is 1.52. The van der Waals surface area contributed by atoms with Crippen molar-refractivity contribution in [3.05, 3.63) is 83.4 Å². The maximum absolute atomic E-state index is 13.6. The number of anilines is 2. The molecule has 144 valence electrons. The third-order valence-corrected chi connectivity index (χ3v) is 3.97. The van der Waals surface area contributed by atoms with E-state index in [1.807, 2.05) is 18.2 Å². The molecule has 2 aromatic carbocycles. The minimum atomic E-state index is -1.65. The molecule has 2 N–H and O–H groups in total. The van der Waals surface area contributed by atoms with Crippen molar-refractivity contribution in [1.82, 2.24) is 9.97 Å². The van der Waals surface area contributed by atoms with Crippen molar-refractivity contribution >= 4 is 17.5 Å². The average molecular weight is 386 g/mol. The number of amides is 1. The van der Waals surface area contributed by atoms with Gasteiger partial charge in [0.2, 0.25) is 5.95 Å². The zero-order chi connectivity index (χ0) is 19.9. The molecule has 3 rings (SSSR count). The van der Waals surface area contributed by atoms with Crippen molar-refractivity contribution in [1.29, 1.82) is 0 Å². The monoisotopic (exact) mass is 386 g/mol. The fourth-order valence-electron chi connectivity index (χ4n) is 2.49. The zero-order valence-electron chi connectivity index (χ0n) is 14.8. The fraction of sp³-hybridized carbons (Fsp3) is 0.150. The maximum atomic E-state index is 13.6. The molecule has 0 aliphatic heterocycles. The summed E-state index contributed by atoms with van der Waals surface area (Å²) in [7, 11) is 0. The molecule has 0 aliphatic carbocycles. The van der Waals surface area contributed by atoms with E-state index in [0.717, 1.165) is 25.0 Å². The van der Waals surface area contributed by atoms with Crippen LogP contribution in [0, 0.1) is 17.5 Å². The second kappa shape index (κ2) is 8.98. The van der Waals surface area contributed by atoms with Gasteiger partial charge in [0.15, 0.2) is 17.5 Å². The SMILES string of the molecule is O=C(Nc1ccc(F)c(F)c1F)c1cnc(NCCCc2ccccc2)nc1. The number of carbonyl (C=O) groups excluding carboxylic acids is 1. The summed E-state index contributed by atoms with van der Waals surface area (Å²) in [6.45, 7) is 0.653. The normalized spacial score (nSPS) is 10.5. The number of nitrogens with one attached hydrogen (secondary N) is 2. The molecule has 0 saturated carbocycles. The predicted octanol–water partition coefficient (Wildman–Crippen LogP) is 4.19. The molecule has 0 radical (unpaired) electrons. The molecule has 1 heterocycles. The standard InChI is InChI=1S/C20H17F3N4O/c21-15-8-9-16(18(23)17(15)22)27-19(28)14-11-25-20(26-12-14)24-10-4-7-13-5-2-1-3-6-13/h1-3,5-6,8-9,11-12H,4,7,10H2,(H,27,28)(H,24,25,26). The molecule has 0 bridgehead atoms. The lowest BCUT2D eigenvalue weighted by molar-refractivity contribution is 0.102. The topological polar surface area (TPSA) is 66.9 Å². The fourth-order valence-corrected chi connectivity index (χ4v) is 2.49. The smallest absolute Gasteiger partial charge is 0.258 e. The molecular formula is C20H17F3N4O. The van der Waals surface area contributed by atoms with E-state index in [2.05, 4.69) is 32.7 Å². The number of aryl methyl sites for hydroxylation is 1. The van der Waals surface area contributed by atoms with Gasteiger partial charge in [-0.15, -0.1) is 0 Å². The highest BCUT2D eigenvalue weighted by Crippen LogP contribution is 2.20. The Hall–Kier alpha value is -3.42. The highest BCUT2D eigenvalue weighted by atomic mass is 19.2. The Morgan fingerprint density at radius 3 is 2.36 bits per heavy atom. The molecule has 1 aromatic heterocycles. The van der Waals surface area contributed by atoms with Crippen LogP contribution in [-0.2, 0) is 6.42 Å². The molecule has 3 aromatic rings. The summed E-state index contributed by atoms with van der Waals surface area (Å²) in [5, 5.41) is 5.21. The molecule has 0 fully saturated rings. The Bertz CT molecular complexity index is 950. The van der Waals surface area contributed by atoms with E-state index in [0.29, 0.717) is 12.5 Å². The molecule has 0 unspecified atom stereocenters. The summed E-state index contributed by atoms with van der Waals surface area (Å²) < 4.78 is 39.8. The number of hydrogen-bond acceptors (Lipinski definition) is 4. The van der Waals surface area contributed by atoms with Gasteiger partial charge in [-0.3, -0.25) is 4.79 Å². The molecule has 1 amide bonds. The summed E-state index contributed by atoms with van der Waals surface area (Å²) in [5.74, 6) is -4.83. The van der Waals surface area contributed by atoms with Gasteiger partial charge in [0.05, 0.1) is 11.3 Å². The van der Waals surface area contributed by atoms with Crippen LogP contribution in [0.2, 0.25) is 0 Å². The largest absolute Gasteiger partial charge is 0.354 e. The van der Waals surface area contributed by atoms with Gasteiger partial charge >= 0.3 is 0 Å². The van der Waals surface area contributed by atoms with Crippen molar-refractivity contribution in [3.8, 4) is 0 Å². The summed E-state index contributed by atoms with van der Waals surface area (Å²) >= 11 is 0. The first-order valence-electron chi connectivity index (χ1n) is 8.59. The molecule has 0 atom stereocenters. The quantitative estimate of drug-likeness (QED) is 0.472. The van der Waals surface area contributed by atoms with Crippen LogP contribution in [-0.4, -0.2) is 22.4 Å². The average Bonchev–Trinajstić information content (AvgIpc) is 2.73. The highest BCUT2D eigenvalue weighted by molar-refractivity contribution is 6.03. The number of carbonyl (C=O) groups is 1. The first-order chi connectivity index (χ1) is 13.5. The lowest BCUT2D eigenvalue weighted by Crippen LogP contribution is -2.15. The Labute approximate surface area is 159 Å². The maximum Gasteiger partial charge on any atom is 0.258 e. The second-order valence-corrected chi connectivity index (χ2v) is 5.99. The van der Waals surface area contributed by atoms with E-state index >= 15 is 0 Å². The minimum Gasteiger partial charge on any atom is -0.354 e. The molecule has 5 nitrogen and oxygen atoms in total. The molecule has 0 saturated heterocycles. The Kier molecular flexibility index (Phi) is 6.21. The molecule has 8 heteroatoms. The van der Waals surface area contributed by atoms with E-state index in [-0.39, 0.29) is 5.56 Å². The first kappa shape index (κ1) is 19.3. The molecule has 0 spiro atoms. The van der Waals surface area contributed by atoms with Crippen molar-refractivity contribution < 1.29 is 18.0 Å². The number of benzene rings is 2. The number of hydrogen-bond donors (Lipinski definition) is 2. The van der Waals surface area contributed by atoms with Crippen LogP contribution >= 0.6 is 0 Å². The van der Waals surface area contributed by atoms with Gasteiger partial charge in [-0.05, 0) is 30.5 Å². The first-order valence-corrected chi connectivity index (χ1v) is 8.59. The van der Waals surface area contributed by atoms with Crippen LogP contribution in [0.4, 0.5) is 24.8 Å². The van der Waals surface area contributed by atoms with Gasteiger partial charge in [0.25, 0.3) is 5.91 Å². The Morgan fingerprint density at radius 2 is 1.64 bits per heavy atom. The molecular weight excluding hydrogens is 369 g/mol. The van der Waals surface area contributed by atoms with Crippen molar-refractivity contribution in [2.45, 2.75) is 12.8 Å². The number of nitrogens with zero attached hydrogens (tertiary/aromatic N) is 2. The van der Waals surface area contributed by atoms with Crippen LogP contribution in [0.25, 0.3) is 0 Å². The summed E-state index contributed by atoms with van der Waals surface area (Å²) in [4.78, 5) is 20.2. The van der Waals surface area contributed by atoms with Crippen molar-refractivity contribution in [2.24, 2.45) is 0 Å².